The molecule has 1 unspecified atom stereocenters. The lowest BCUT2D eigenvalue weighted by Crippen LogP contribution is -2.44. The van der Waals surface area contributed by atoms with E-state index in [1.165, 1.54) is 7.11 Å². The topological polar surface area (TPSA) is 46.6 Å². The molecule has 1 fully saturated rings. The molecule has 1 heterocycles. The Morgan fingerprint density at radius 2 is 2.00 bits per heavy atom. The fraction of sp³-hybridized carbons (Fsp3) is 0.467. The molecule has 0 aliphatic carbocycles. The van der Waals surface area contributed by atoms with Gasteiger partial charge in [0.15, 0.2) is 5.78 Å². The van der Waals surface area contributed by atoms with Crippen molar-refractivity contribution in [2.45, 2.75) is 26.4 Å². The minimum absolute atomic E-state index is 0.0823. The lowest BCUT2D eigenvalue weighted by Gasteiger charge is -2.28. The highest BCUT2D eigenvalue weighted by molar-refractivity contribution is 5.96. The molecule has 0 spiro atoms. The quantitative estimate of drug-likeness (QED) is 0.776. The van der Waals surface area contributed by atoms with E-state index in [1.807, 2.05) is 49.1 Å². The van der Waals surface area contributed by atoms with Crippen molar-refractivity contribution in [1.82, 2.24) is 4.90 Å². The maximum Gasteiger partial charge on any atom is 0.324 e. The van der Waals surface area contributed by atoms with E-state index >= 15 is 0 Å². The second-order valence-electron chi connectivity index (χ2n) is 5.46. The molecule has 4 nitrogen and oxygen atoms in total. The van der Waals surface area contributed by atoms with Crippen LogP contribution in [0.25, 0.3) is 0 Å². The van der Waals surface area contributed by atoms with Crippen LogP contribution in [0.4, 0.5) is 0 Å². The largest absolute Gasteiger partial charge is 0.468 e. The van der Waals surface area contributed by atoms with E-state index in [0.29, 0.717) is 13.1 Å². The van der Waals surface area contributed by atoms with Crippen LogP contribution < -0.4 is 0 Å². The van der Waals surface area contributed by atoms with Crippen LogP contribution in [0, 0.1) is 5.41 Å². The molecule has 0 bridgehead atoms. The lowest BCUT2D eigenvalue weighted by molar-refractivity contribution is -0.150. The van der Waals surface area contributed by atoms with Gasteiger partial charge < -0.3 is 4.74 Å². The SMILES string of the molecule is COC(=O)C1N(Cc2ccccc2)CC(=O)C1(C)C. The molecule has 1 aliphatic heterocycles. The predicted octanol–water partition coefficient (Wildman–Crippen LogP) is 1.64. The highest BCUT2D eigenvalue weighted by atomic mass is 16.5. The maximum atomic E-state index is 12.1. The highest BCUT2D eigenvalue weighted by Gasteiger charge is 2.51. The molecule has 19 heavy (non-hydrogen) atoms. The number of ketones is 1. The summed E-state index contributed by atoms with van der Waals surface area (Å²) in [5.41, 5.74) is 0.393. The van der Waals surface area contributed by atoms with Gasteiger partial charge in [-0.3, -0.25) is 14.5 Å². The minimum Gasteiger partial charge on any atom is -0.468 e. The van der Waals surface area contributed by atoms with E-state index < -0.39 is 11.5 Å². The number of nitrogens with zero attached hydrogens (tertiary/aromatic N) is 1. The fourth-order valence-electron chi connectivity index (χ4n) is 2.61. The van der Waals surface area contributed by atoms with E-state index in [-0.39, 0.29) is 11.8 Å². The van der Waals surface area contributed by atoms with Crippen molar-refractivity contribution in [1.29, 1.82) is 0 Å². The average Bonchev–Trinajstić information content (AvgIpc) is 2.60. The Hall–Kier alpha value is -1.68. The zero-order valence-electron chi connectivity index (χ0n) is 11.6. The van der Waals surface area contributed by atoms with Crippen LogP contribution in [-0.4, -0.2) is 36.3 Å². The molecule has 1 aromatic carbocycles. The van der Waals surface area contributed by atoms with Gasteiger partial charge in [-0.1, -0.05) is 44.2 Å². The molecule has 2 rings (SSSR count). The molecule has 1 saturated heterocycles. The van der Waals surface area contributed by atoms with E-state index in [1.54, 1.807) is 0 Å². The van der Waals surface area contributed by atoms with Gasteiger partial charge in [-0.2, -0.15) is 0 Å². The Morgan fingerprint density at radius 3 is 2.58 bits per heavy atom. The van der Waals surface area contributed by atoms with Crippen LogP contribution in [-0.2, 0) is 20.9 Å². The Bertz CT molecular complexity index is 481. The minimum atomic E-state index is -0.693. The van der Waals surface area contributed by atoms with Crippen molar-refractivity contribution in [2.75, 3.05) is 13.7 Å². The van der Waals surface area contributed by atoms with Gasteiger partial charge in [0.05, 0.1) is 19.1 Å². The number of ether oxygens (including phenoxy) is 1. The number of methoxy groups -OCH3 is 1. The Kier molecular flexibility index (Phi) is 3.71. The van der Waals surface area contributed by atoms with E-state index in [2.05, 4.69) is 0 Å². The number of rotatable bonds is 3. The number of esters is 1. The first-order valence-electron chi connectivity index (χ1n) is 6.36. The summed E-state index contributed by atoms with van der Waals surface area (Å²) in [6.45, 7) is 4.49. The molecule has 4 heteroatoms. The van der Waals surface area contributed by atoms with Crippen molar-refractivity contribution >= 4 is 11.8 Å². The number of likely N-dealkylation sites (tertiary alicyclic amines) is 1. The van der Waals surface area contributed by atoms with Crippen LogP contribution >= 0.6 is 0 Å². The van der Waals surface area contributed by atoms with Crippen molar-refractivity contribution in [2.24, 2.45) is 5.41 Å². The zero-order chi connectivity index (χ0) is 14.0. The van der Waals surface area contributed by atoms with Crippen LogP contribution in [0.1, 0.15) is 19.4 Å². The highest BCUT2D eigenvalue weighted by Crippen LogP contribution is 2.34. The Morgan fingerprint density at radius 1 is 1.37 bits per heavy atom. The van der Waals surface area contributed by atoms with Gasteiger partial charge in [-0.15, -0.1) is 0 Å². The number of carbonyl (C=O) groups excluding carboxylic acids is 2. The van der Waals surface area contributed by atoms with E-state index in [4.69, 9.17) is 4.74 Å². The monoisotopic (exact) mass is 261 g/mol. The molecule has 0 saturated carbocycles. The molecule has 1 aliphatic rings. The third-order valence-electron chi connectivity index (χ3n) is 3.77. The number of carbonyl (C=O) groups is 2. The molecule has 0 aromatic heterocycles. The molecule has 0 radical (unpaired) electrons. The fourth-order valence-corrected chi connectivity index (χ4v) is 2.61. The Balaban J connectivity index is 2.24. The van der Waals surface area contributed by atoms with Gasteiger partial charge in [0.1, 0.15) is 6.04 Å². The summed E-state index contributed by atoms with van der Waals surface area (Å²) >= 11 is 0. The molecule has 1 aromatic rings. The summed E-state index contributed by atoms with van der Waals surface area (Å²) in [5, 5.41) is 0. The summed E-state index contributed by atoms with van der Waals surface area (Å²) in [6.07, 6.45) is 0. The molecule has 1 atom stereocenters. The van der Waals surface area contributed by atoms with Crippen molar-refractivity contribution in [3.63, 3.8) is 0 Å². The van der Waals surface area contributed by atoms with Gasteiger partial charge >= 0.3 is 5.97 Å². The predicted molar refractivity (Wildman–Crippen MR) is 71.4 cm³/mol. The first-order chi connectivity index (χ1) is 8.96. The van der Waals surface area contributed by atoms with E-state index in [0.717, 1.165) is 5.56 Å². The first-order valence-corrected chi connectivity index (χ1v) is 6.36. The lowest BCUT2D eigenvalue weighted by atomic mass is 9.83. The first kappa shape index (κ1) is 13.7. The molecule has 0 amide bonds. The second-order valence-corrected chi connectivity index (χ2v) is 5.46. The van der Waals surface area contributed by atoms with Crippen molar-refractivity contribution in [3.05, 3.63) is 35.9 Å². The third kappa shape index (κ3) is 2.54. The van der Waals surface area contributed by atoms with Crippen LogP contribution in [0.15, 0.2) is 30.3 Å². The van der Waals surface area contributed by atoms with Crippen LogP contribution in [0.2, 0.25) is 0 Å². The summed E-state index contributed by atoms with van der Waals surface area (Å²) < 4.78 is 4.85. The van der Waals surface area contributed by atoms with Crippen molar-refractivity contribution < 1.29 is 14.3 Å². The van der Waals surface area contributed by atoms with Crippen LogP contribution in [0.3, 0.4) is 0 Å². The van der Waals surface area contributed by atoms with Crippen LogP contribution in [0.5, 0.6) is 0 Å². The smallest absolute Gasteiger partial charge is 0.324 e. The van der Waals surface area contributed by atoms with Gasteiger partial charge in [0, 0.05) is 6.54 Å². The summed E-state index contributed by atoms with van der Waals surface area (Å²) in [4.78, 5) is 25.9. The van der Waals surface area contributed by atoms with Gasteiger partial charge in [0.2, 0.25) is 0 Å². The van der Waals surface area contributed by atoms with Gasteiger partial charge in [-0.25, -0.2) is 0 Å². The maximum absolute atomic E-state index is 12.1. The van der Waals surface area contributed by atoms with Crippen molar-refractivity contribution in [3.8, 4) is 0 Å². The molecular formula is C15H19NO3. The number of hydrogen-bond donors (Lipinski definition) is 0. The summed E-state index contributed by atoms with van der Waals surface area (Å²) in [7, 11) is 1.36. The summed E-state index contributed by atoms with van der Waals surface area (Å²) in [6, 6.07) is 9.32. The second kappa shape index (κ2) is 5.13. The zero-order valence-corrected chi connectivity index (χ0v) is 11.6. The Labute approximate surface area is 113 Å². The normalized spacial score (nSPS) is 22.5. The standard InChI is InChI=1S/C15H19NO3/c1-15(2)12(17)10-16(13(15)14(18)19-3)9-11-7-5-4-6-8-11/h4-8,13H,9-10H2,1-3H3. The van der Waals surface area contributed by atoms with Gasteiger partial charge in [0.25, 0.3) is 0 Å². The molecule has 102 valence electrons. The number of hydrogen-bond acceptors (Lipinski definition) is 4. The summed E-state index contributed by atoms with van der Waals surface area (Å²) in [5.74, 6) is -0.259. The van der Waals surface area contributed by atoms with Gasteiger partial charge in [-0.05, 0) is 5.56 Å². The third-order valence-corrected chi connectivity index (χ3v) is 3.77. The average molecular weight is 261 g/mol. The number of benzene rings is 1. The molecular weight excluding hydrogens is 242 g/mol. The number of Topliss-reactive ketones (excluding diaryl/α,β-unsaturated/α-hetero) is 1. The van der Waals surface area contributed by atoms with E-state index in [9.17, 15) is 9.59 Å². The molecule has 0 N–H and O–H groups in total.